The van der Waals surface area contributed by atoms with E-state index in [4.69, 9.17) is 29.4 Å². The Balaban J connectivity index is 3.08. The zero-order chi connectivity index (χ0) is 18.4. The van der Waals surface area contributed by atoms with Gasteiger partial charge < -0.3 is 29.4 Å². The van der Waals surface area contributed by atoms with Crippen molar-refractivity contribution in [1.29, 1.82) is 0 Å². The first kappa shape index (κ1) is 19.8. The van der Waals surface area contributed by atoms with Crippen molar-refractivity contribution in [1.82, 2.24) is 0 Å². The van der Waals surface area contributed by atoms with Crippen molar-refractivity contribution in [2.75, 3.05) is 6.61 Å². The number of nitrogens with two attached hydrogens (primary N) is 1. The van der Waals surface area contributed by atoms with Gasteiger partial charge in [0.25, 0.3) is 0 Å². The van der Waals surface area contributed by atoms with Crippen LogP contribution in [0.4, 0.5) is 0 Å². The van der Waals surface area contributed by atoms with Gasteiger partial charge in [-0.25, -0.2) is 0 Å². The zero-order valence-corrected chi connectivity index (χ0v) is 13.8. The van der Waals surface area contributed by atoms with Crippen LogP contribution in [-0.4, -0.2) is 61.1 Å². The fourth-order valence-electron chi connectivity index (χ4n) is 2.20. The van der Waals surface area contributed by atoms with Gasteiger partial charge in [0, 0.05) is 27.7 Å². The first-order chi connectivity index (χ1) is 11.1. The molecule has 1 heterocycles. The predicted octanol–water partition coefficient (Wildman–Crippen LogP) is -0.972. The van der Waals surface area contributed by atoms with Crippen LogP contribution in [0.2, 0.25) is 0 Å². The van der Waals surface area contributed by atoms with Gasteiger partial charge in [0.2, 0.25) is 6.29 Å². The van der Waals surface area contributed by atoms with Crippen molar-refractivity contribution in [2.45, 2.75) is 58.3 Å². The Hall–Kier alpha value is -2.20. The van der Waals surface area contributed by atoms with Gasteiger partial charge in [-0.15, -0.1) is 0 Å². The molecule has 0 spiro atoms. The fourth-order valence-corrected chi connectivity index (χ4v) is 2.20. The van der Waals surface area contributed by atoms with Crippen LogP contribution in [0.15, 0.2) is 0 Å². The van der Waals surface area contributed by atoms with E-state index >= 15 is 0 Å². The Bertz CT molecular complexity index is 490. The number of carbonyl (C=O) groups excluding carboxylic acids is 4. The van der Waals surface area contributed by atoms with Crippen LogP contribution in [0.5, 0.6) is 0 Å². The average Bonchev–Trinajstić information content (AvgIpc) is 2.42. The molecule has 0 aliphatic carbocycles. The van der Waals surface area contributed by atoms with Crippen LogP contribution < -0.4 is 5.73 Å². The summed E-state index contributed by atoms with van der Waals surface area (Å²) >= 11 is 0. The minimum atomic E-state index is -1.26. The summed E-state index contributed by atoms with van der Waals surface area (Å²) in [6, 6.07) is -1.10. The lowest BCUT2D eigenvalue weighted by Gasteiger charge is -2.42. The maximum atomic E-state index is 11.3. The standard InChI is InChI=1S/C14H21NO9/c1-6(16)20-5-10-12(21-7(2)17)13(22-8(3)18)11(15)14(24-10)23-9(4)19/h10-14H,5,15H2,1-4H3/t10?,11-,12+,13?,14+/m0/s1. The van der Waals surface area contributed by atoms with Gasteiger partial charge in [-0.2, -0.15) is 0 Å². The summed E-state index contributed by atoms with van der Waals surface area (Å²) in [6.45, 7) is 4.32. The van der Waals surface area contributed by atoms with E-state index in [1.807, 2.05) is 0 Å². The van der Waals surface area contributed by atoms with E-state index in [1.54, 1.807) is 0 Å². The lowest BCUT2D eigenvalue weighted by molar-refractivity contribution is -0.267. The highest BCUT2D eigenvalue weighted by molar-refractivity contribution is 5.68. The number of esters is 4. The summed E-state index contributed by atoms with van der Waals surface area (Å²) in [7, 11) is 0. The smallest absolute Gasteiger partial charge is 0.304 e. The molecule has 0 amide bonds. The highest BCUT2D eigenvalue weighted by Crippen LogP contribution is 2.26. The van der Waals surface area contributed by atoms with Gasteiger partial charge in [0.1, 0.15) is 18.8 Å². The second-order valence-corrected chi connectivity index (χ2v) is 5.18. The van der Waals surface area contributed by atoms with Crippen molar-refractivity contribution >= 4 is 23.9 Å². The monoisotopic (exact) mass is 347 g/mol. The molecule has 1 saturated heterocycles. The van der Waals surface area contributed by atoms with Gasteiger partial charge >= 0.3 is 23.9 Å². The van der Waals surface area contributed by atoms with E-state index in [-0.39, 0.29) is 6.61 Å². The Kier molecular flexibility index (Phi) is 7.11. The van der Waals surface area contributed by atoms with Crippen LogP contribution >= 0.6 is 0 Å². The predicted molar refractivity (Wildman–Crippen MR) is 76.1 cm³/mol. The molecule has 24 heavy (non-hydrogen) atoms. The maximum absolute atomic E-state index is 11.3. The van der Waals surface area contributed by atoms with Gasteiger partial charge in [-0.05, 0) is 0 Å². The topological polar surface area (TPSA) is 140 Å². The molecule has 0 bridgehead atoms. The third kappa shape index (κ3) is 5.78. The summed E-state index contributed by atoms with van der Waals surface area (Å²) in [6.07, 6.45) is -4.58. The maximum Gasteiger partial charge on any atom is 0.304 e. The largest absolute Gasteiger partial charge is 0.463 e. The van der Waals surface area contributed by atoms with Gasteiger partial charge in [0.05, 0.1) is 0 Å². The highest BCUT2D eigenvalue weighted by Gasteiger charge is 2.50. The summed E-state index contributed by atoms with van der Waals surface area (Å²) in [5.74, 6) is -2.62. The first-order valence-electron chi connectivity index (χ1n) is 7.18. The SMILES string of the molecule is CC(=O)OCC1O[C@@H](OC(C)=O)[C@@H](N)C(OC(C)=O)[C@@H]1OC(C)=O. The summed E-state index contributed by atoms with van der Waals surface area (Å²) in [5.41, 5.74) is 5.93. The minimum Gasteiger partial charge on any atom is -0.463 e. The fraction of sp³-hybridized carbons (Fsp3) is 0.714. The Morgan fingerprint density at radius 2 is 1.33 bits per heavy atom. The normalized spacial score (nSPS) is 29.3. The van der Waals surface area contributed by atoms with E-state index in [1.165, 1.54) is 6.92 Å². The zero-order valence-electron chi connectivity index (χ0n) is 13.8. The van der Waals surface area contributed by atoms with Gasteiger partial charge in [-0.1, -0.05) is 0 Å². The number of carbonyl (C=O) groups is 4. The van der Waals surface area contributed by atoms with Crippen molar-refractivity contribution in [3.63, 3.8) is 0 Å². The molecule has 136 valence electrons. The molecular formula is C14H21NO9. The van der Waals surface area contributed by atoms with E-state index < -0.39 is 54.5 Å². The second-order valence-electron chi connectivity index (χ2n) is 5.18. The van der Waals surface area contributed by atoms with Gasteiger partial charge in [-0.3, -0.25) is 19.2 Å². The highest BCUT2D eigenvalue weighted by atomic mass is 16.7. The molecule has 1 aliphatic heterocycles. The van der Waals surface area contributed by atoms with Crippen molar-refractivity contribution in [2.24, 2.45) is 5.73 Å². The molecule has 2 N–H and O–H groups in total. The summed E-state index contributed by atoms with van der Waals surface area (Å²) in [4.78, 5) is 44.9. The molecular weight excluding hydrogens is 326 g/mol. The molecule has 0 aromatic heterocycles. The van der Waals surface area contributed by atoms with Crippen molar-refractivity contribution in [3.05, 3.63) is 0 Å². The Morgan fingerprint density at radius 3 is 1.79 bits per heavy atom. The molecule has 5 atom stereocenters. The molecule has 1 fully saturated rings. The second kappa shape index (κ2) is 8.60. The van der Waals surface area contributed by atoms with Gasteiger partial charge in [0.15, 0.2) is 12.2 Å². The summed E-state index contributed by atoms with van der Waals surface area (Å²) in [5, 5.41) is 0. The number of hydrogen-bond acceptors (Lipinski definition) is 10. The summed E-state index contributed by atoms with van der Waals surface area (Å²) < 4.78 is 25.5. The van der Waals surface area contributed by atoms with E-state index in [0.717, 1.165) is 20.8 Å². The molecule has 1 rings (SSSR count). The van der Waals surface area contributed by atoms with Crippen LogP contribution in [0.3, 0.4) is 0 Å². The van der Waals surface area contributed by atoms with E-state index in [0.29, 0.717) is 0 Å². The number of ether oxygens (including phenoxy) is 5. The molecule has 10 heteroatoms. The molecule has 0 aromatic rings. The first-order valence-corrected chi connectivity index (χ1v) is 7.18. The van der Waals surface area contributed by atoms with Crippen LogP contribution in [0, 0.1) is 0 Å². The average molecular weight is 347 g/mol. The van der Waals surface area contributed by atoms with Crippen LogP contribution in [-0.2, 0) is 42.9 Å². The van der Waals surface area contributed by atoms with E-state index in [2.05, 4.69) is 0 Å². The van der Waals surface area contributed by atoms with Crippen molar-refractivity contribution < 1.29 is 42.9 Å². The number of rotatable bonds is 5. The molecule has 10 nitrogen and oxygen atoms in total. The third-order valence-electron chi connectivity index (χ3n) is 3.03. The van der Waals surface area contributed by atoms with Crippen LogP contribution in [0.25, 0.3) is 0 Å². The van der Waals surface area contributed by atoms with E-state index in [9.17, 15) is 19.2 Å². The molecule has 0 aromatic carbocycles. The minimum absolute atomic E-state index is 0.310. The lowest BCUT2D eigenvalue weighted by atomic mass is 9.97. The molecule has 2 unspecified atom stereocenters. The van der Waals surface area contributed by atoms with Crippen LogP contribution in [0.1, 0.15) is 27.7 Å². The third-order valence-corrected chi connectivity index (χ3v) is 3.03. The molecule has 0 radical (unpaired) electrons. The Morgan fingerprint density at radius 1 is 0.833 bits per heavy atom. The molecule has 1 aliphatic rings. The molecule has 0 saturated carbocycles. The van der Waals surface area contributed by atoms with Crippen molar-refractivity contribution in [3.8, 4) is 0 Å². The quantitative estimate of drug-likeness (QED) is 0.487. The Labute approximate surface area is 138 Å². The number of hydrogen-bond donors (Lipinski definition) is 1. The lowest BCUT2D eigenvalue weighted by Crippen LogP contribution is -2.65.